The molecule has 2 fully saturated rings. The van der Waals surface area contributed by atoms with Gasteiger partial charge in [-0.05, 0) is 51.3 Å². The molecule has 2 aliphatic heterocycles. The number of carbonyl (C=O) groups excluding carboxylic acids is 1. The van der Waals surface area contributed by atoms with Crippen LogP contribution in [-0.4, -0.2) is 62.9 Å². The lowest BCUT2D eigenvalue weighted by Gasteiger charge is -2.41. The van der Waals surface area contributed by atoms with Crippen LogP contribution in [0.15, 0.2) is 30.6 Å². The molecule has 2 aromatic heterocycles. The van der Waals surface area contributed by atoms with Crippen LogP contribution in [-0.2, 0) is 17.9 Å². The van der Waals surface area contributed by atoms with Crippen molar-refractivity contribution in [1.29, 1.82) is 0 Å². The van der Waals surface area contributed by atoms with Gasteiger partial charge in [0.2, 0.25) is 5.91 Å². The molecule has 29 heavy (non-hydrogen) atoms. The quantitative estimate of drug-likeness (QED) is 0.782. The van der Waals surface area contributed by atoms with Gasteiger partial charge < -0.3 is 10.3 Å². The van der Waals surface area contributed by atoms with Crippen molar-refractivity contribution in [1.82, 2.24) is 30.1 Å². The maximum Gasteiger partial charge on any atom is 0.224 e. The standard InChI is InChI=1S/C22H32N6O/c1-17-13-24-21(26-17)16-27-11-7-20(8-12-27)28-10-4-5-18(15-28)22(29)25-14-19-6-2-3-9-23-19/h2-3,6,9,13,18,20H,4-5,7-8,10-12,14-16H2,1H3,(H,24,26)(H,25,29)/t18-/m1/s1. The second kappa shape index (κ2) is 9.50. The minimum absolute atomic E-state index is 0.0941. The molecule has 0 spiro atoms. The van der Waals surface area contributed by atoms with E-state index in [1.165, 1.54) is 12.8 Å². The minimum atomic E-state index is 0.0941. The van der Waals surface area contributed by atoms with Gasteiger partial charge >= 0.3 is 0 Å². The average molecular weight is 397 g/mol. The third-order valence-corrected chi connectivity index (χ3v) is 6.20. The van der Waals surface area contributed by atoms with Crippen LogP contribution < -0.4 is 5.32 Å². The predicted octanol–water partition coefficient (Wildman–Crippen LogP) is 2.11. The van der Waals surface area contributed by atoms with Crippen LogP contribution in [0.3, 0.4) is 0 Å². The Labute approximate surface area is 172 Å². The van der Waals surface area contributed by atoms with Crippen LogP contribution in [0, 0.1) is 12.8 Å². The fourth-order valence-corrected chi connectivity index (χ4v) is 4.58. The Balaban J connectivity index is 1.23. The predicted molar refractivity (Wildman–Crippen MR) is 112 cm³/mol. The molecule has 156 valence electrons. The third kappa shape index (κ3) is 5.42. The van der Waals surface area contributed by atoms with Gasteiger partial charge in [-0.25, -0.2) is 4.98 Å². The highest BCUT2D eigenvalue weighted by Crippen LogP contribution is 2.24. The molecule has 1 atom stereocenters. The van der Waals surface area contributed by atoms with Gasteiger partial charge in [0.25, 0.3) is 0 Å². The van der Waals surface area contributed by atoms with Crippen LogP contribution in [0.1, 0.15) is 42.9 Å². The fraction of sp³-hybridized carbons (Fsp3) is 0.591. The maximum atomic E-state index is 12.7. The molecule has 1 amide bonds. The van der Waals surface area contributed by atoms with Crippen LogP contribution in [0.4, 0.5) is 0 Å². The van der Waals surface area contributed by atoms with E-state index in [0.717, 1.165) is 62.8 Å². The number of H-pyrrole nitrogens is 1. The Morgan fingerprint density at radius 1 is 1.21 bits per heavy atom. The molecule has 2 aliphatic rings. The van der Waals surface area contributed by atoms with Gasteiger partial charge in [-0.3, -0.25) is 19.6 Å². The molecule has 0 aliphatic carbocycles. The van der Waals surface area contributed by atoms with E-state index >= 15 is 0 Å². The maximum absolute atomic E-state index is 12.7. The minimum Gasteiger partial charge on any atom is -0.350 e. The number of hydrogen-bond acceptors (Lipinski definition) is 5. The van der Waals surface area contributed by atoms with E-state index in [4.69, 9.17) is 0 Å². The summed E-state index contributed by atoms with van der Waals surface area (Å²) in [5, 5.41) is 3.08. The number of likely N-dealkylation sites (tertiary alicyclic amines) is 2. The van der Waals surface area contributed by atoms with Crippen LogP contribution in [0.2, 0.25) is 0 Å². The van der Waals surface area contributed by atoms with Crippen molar-refractivity contribution in [3.8, 4) is 0 Å². The molecule has 2 saturated heterocycles. The molecule has 4 heterocycles. The summed E-state index contributed by atoms with van der Waals surface area (Å²) in [6.07, 6.45) is 8.09. The number of aromatic nitrogens is 3. The number of hydrogen-bond donors (Lipinski definition) is 2. The van der Waals surface area contributed by atoms with Gasteiger partial charge in [0.1, 0.15) is 5.82 Å². The molecular formula is C22H32N6O. The summed E-state index contributed by atoms with van der Waals surface area (Å²) >= 11 is 0. The summed E-state index contributed by atoms with van der Waals surface area (Å²) in [4.78, 5) is 29.8. The highest BCUT2D eigenvalue weighted by atomic mass is 16.1. The van der Waals surface area contributed by atoms with Gasteiger partial charge in [0.05, 0.1) is 24.7 Å². The van der Waals surface area contributed by atoms with E-state index < -0.39 is 0 Å². The normalized spacial score (nSPS) is 21.9. The molecular weight excluding hydrogens is 364 g/mol. The zero-order valence-corrected chi connectivity index (χ0v) is 17.3. The van der Waals surface area contributed by atoms with Crippen LogP contribution in [0.5, 0.6) is 0 Å². The Bertz CT molecular complexity index is 784. The first-order chi connectivity index (χ1) is 14.2. The van der Waals surface area contributed by atoms with Crippen molar-refractivity contribution in [2.24, 2.45) is 5.92 Å². The molecule has 4 rings (SSSR count). The zero-order valence-electron chi connectivity index (χ0n) is 17.3. The summed E-state index contributed by atoms with van der Waals surface area (Å²) < 4.78 is 0. The number of aryl methyl sites for hydroxylation is 1. The fourth-order valence-electron chi connectivity index (χ4n) is 4.58. The van der Waals surface area contributed by atoms with E-state index in [9.17, 15) is 4.79 Å². The molecule has 0 bridgehead atoms. The Kier molecular flexibility index (Phi) is 6.56. The lowest BCUT2D eigenvalue weighted by molar-refractivity contribution is -0.127. The lowest BCUT2D eigenvalue weighted by Crippen LogP contribution is -2.50. The molecule has 7 heteroatoms. The van der Waals surface area contributed by atoms with Gasteiger partial charge in [-0.2, -0.15) is 0 Å². The van der Waals surface area contributed by atoms with Crippen LogP contribution in [0.25, 0.3) is 0 Å². The number of nitrogens with zero attached hydrogens (tertiary/aromatic N) is 4. The number of piperidine rings is 2. The highest BCUT2D eigenvalue weighted by molar-refractivity contribution is 5.78. The van der Waals surface area contributed by atoms with E-state index in [2.05, 4.69) is 30.1 Å². The first kappa shape index (κ1) is 20.0. The topological polar surface area (TPSA) is 77.2 Å². The van der Waals surface area contributed by atoms with Crippen LogP contribution >= 0.6 is 0 Å². The van der Waals surface area contributed by atoms with E-state index in [-0.39, 0.29) is 11.8 Å². The van der Waals surface area contributed by atoms with Gasteiger partial charge in [0.15, 0.2) is 0 Å². The molecule has 7 nitrogen and oxygen atoms in total. The molecule has 0 saturated carbocycles. The van der Waals surface area contributed by atoms with Crippen molar-refractivity contribution in [2.75, 3.05) is 26.2 Å². The van der Waals surface area contributed by atoms with Crippen molar-refractivity contribution >= 4 is 5.91 Å². The van der Waals surface area contributed by atoms with Crippen molar-refractivity contribution in [2.45, 2.75) is 51.7 Å². The second-order valence-electron chi connectivity index (χ2n) is 8.39. The first-order valence-electron chi connectivity index (χ1n) is 10.8. The third-order valence-electron chi connectivity index (χ3n) is 6.20. The number of rotatable bonds is 6. The summed E-state index contributed by atoms with van der Waals surface area (Å²) in [6.45, 7) is 7.65. The monoisotopic (exact) mass is 396 g/mol. The van der Waals surface area contributed by atoms with Crippen molar-refractivity contribution < 1.29 is 4.79 Å². The first-order valence-corrected chi connectivity index (χ1v) is 10.8. The number of amides is 1. The van der Waals surface area contributed by atoms with Crippen molar-refractivity contribution in [3.05, 3.63) is 47.8 Å². The van der Waals surface area contributed by atoms with E-state index in [1.54, 1.807) is 6.20 Å². The molecule has 0 radical (unpaired) electrons. The van der Waals surface area contributed by atoms with Gasteiger partial charge in [-0.15, -0.1) is 0 Å². The van der Waals surface area contributed by atoms with E-state index in [0.29, 0.717) is 12.6 Å². The average Bonchev–Trinajstić information content (AvgIpc) is 3.18. The molecule has 2 aromatic rings. The molecule has 2 N–H and O–H groups in total. The Hall–Kier alpha value is -2.25. The van der Waals surface area contributed by atoms with E-state index in [1.807, 2.05) is 31.3 Å². The lowest BCUT2D eigenvalue weighted by atomic mass is 9.93. The Morgan fingerprint density at radius 3 is 2.79 bits per heavy atom. The number of pyridine rings is 1. The number of carbonyl (C=O) groups is 1. The Morgan fingerprint density at radius 2 is 2.07 bits per heavy atom. The van der Waals surface area contributed by atoms with Gasteiger partial charge in [0, 0.05) is 43.8 Å². The second-order valence-corrected chi connectivity index (χ2v) is 8.39. The largest absolute Gasteiger partial charge is 0.350 e. The summed E-state index contributed by atoms with van der Waals surface area (Å²) in [5.74, 6) is 1.33. The van der Waals surface area contributed by atoms with Gasteiger partial charge in [-0.1, -0.05) is 6.07 Å². The summed E-state index contributed by atoms with van der Waals surface area (Å²) in [6, 6.07) is 6.39. The highest BCUT2D eigenvalue weighted by Gasteiger charge is 2.31. The summed E-state index contributed by atoms with van der Waals surface area (Å²) in [7, 11) is 0. The smallest absolute Gasteiger partial charge is 0.224 e. The number of aromatic amines is 1. The molecule has 0 aromatic carbocycles. The molecule has 0 unspecified atom stereocenters. The number of nitrogens with one attached hydrogen (secondary N) is 2. The number of imidazole rings is 1. The SMILES string of the molecule is Cc1cnc(CN2CCC(N3CCC[C@@H](C(=O)NCc4ccccn4)C3)CC2)[nH]1. The zero-order chi connectivity index (χ0) is 20.1. The summed E-state index contributed by atoms with van der Waals surface area (Å²) in [5.41, 5.74) is 2.03. The van der Waals surface area contributed by atoms with Crippen molar-refractivity contribution in [3.63, 3.8) is 0 Å².